The second-order valence-electron chi connectivity index (χ2n) is 5.98. The van der Waals surface area contributed by atoms with Gasteiger partial charge in [0.05, 0.1) is 17.7 Å². The van der Waals surface area contributed by atoms with Gasteiger partial charge in [-0.15, -0.1) is 5.10 Å². The number of likely N-dealkylation sites (tertiary alicyclic amines) is 1. The Kier molecular flexibility index (Phi) is 4.97. The van der Waals surface area contributed by atoms with Crippen LogP contribution in [0.2, 0.25) is 0 Å². The second-order valence-corrected chi connectivity index (χ2v) is 6.93. The number of aromatic amines is 1. The van der Waals surface area contributed by atoms with E-state index in [1.54, 1.807) is 0 Å². The largest absolute Gasteiger partial charge is 1.00 e. The van der Waals surface area contributed by atoms with Crippen molar-refractivity contribution in [1.82, 2.24) is 25.0 Å². The number of carbonyl (C=O) groups excluding carboxylic acids is 3. The van der Waals surface area contributed by atoms with Crippen LogP contribution >= 0.6 is 11.8 Å². The van der Waals surface area contributed by atoms with Gasteiger partial charge in [-0.25, -0.2) is 4.98 Å². The molecule has 3 aliphatic heterocycles. The summed E-state index contributed by atoms with van der Waals surface area (Å²) >= 11 is 1.31. The number of H-pyrrole nitrogens is 1. The van der Waals surface area contributed by atoms with Crippen LogP contribution < -0.4 is 34.7 Å². The molecular weight excluding hydrogens is 357 g/mol. The van der Waals surface area contributed by atoms with E-state index in [-0.39, 0.29) is 59.0 Å². The van der Waals surface area contributed by atoms with Gasteiger partial charge in [0.1, 0.15) is 12.4 Å². The Hall–Kier alpha value is -1.36. The number of aliphatic carboxylic acids is 1. The number of carboxylic acids is 1. The van der Waals surface area contributed by atoms with E-state index in [0.717, 1.165) is 0 Å². The molecule has 1 unspecified atom stereocenters. The molecule has 2 fully saturated rings. The minimum Gasteiger partial charge on any atom is -0.543 e. The molecule has 3 atom stereocenters. The van der Waals surface area contributed by atoms with Crippen LogP contribution in [0.1, 0.15) is 13.3 Å². The molecule has 1 N–H and O–H groups in total. The third kappa shape index (κ3) is 2.71. The van der Waals surface area contributed by atoms with Crippen LogP contribution in [0.3, 0.4) is 0 Å². The van der Waals surface area contributed by atoms with Crippen LogP contribution in [0.15, 0.2) is 22.8 Å². The number of carbonyl (C=O) groups is 3. The summed E-state index contributed by atoms with van der Waals surface area (Å²) in [5.41, 5.74) is 0.633. The molecular formula is C14H14N5NaO4S. The predicted octanol–water partition coefficient (Wildman–Crippen LogP) is -4.63. The van der Waals surface area contributed by atoms with Crippen LogP contribution in [0.25, 0.3) is 0 Å². The smallest absolute Gasteiger partial charge is 0.543 e. The number of amides is 2. The first-order valence-electron chi connectivity index (χ1n) is 7.54. The molecule has 2 saturated heterocycles. The van der Waals surface area contributed by atoms with E-state index in [4.69, 9.17) is 0 Å². The Bertz CT molecular complexity index is 767. The monoisotopic (exact) mass is 371 g/mol. The normalized spacial score (nSPS) is 26.9. The van der Waals surface area contributed by atoms with Crippen molar-refractivity contribution in [1.29, 1.82) is 0 Å². The first-order chi connectivity index (χ1) is 11.5. The van der Waals surface area contributed by atoms with Gasteiger partial charge in [-0.1, -0.05) is 11.8 Å². The molecule has 4 rings (SSSR count). The molecule has 0 bridgehead atoms. The Morgan fingerprint density at radius 3 is 2.84 bits per heavy atom. The van der Waals surface area contributed by atoms with Gasteiger partial charge in [-0.05, 0) is 12.0 Å². The zero-order valence-corrected chi connectivity index (χ0v) is 16.6. The first-order valence-corrected chi connectivity index (χ1v) is 8.52. The predicted molar refractivity (Wildman–Crippen MR) is 79.1 cm³/mol. The van der Waals surface area contributed by atoms with E-state index >= 15 is 0 Å². The number of hydrogen-bond donors (Lipinski definition) is 1. The topological polar surface area (TPSA) is 122 Å². The maximum absolute atomic E-state index is 12.4. The third-order valence-electron chi connectivity index (χ3n) is 4.88. The van der Waals surface area contributed by atoms with Crippen LogP contribution in [0.5, 0.6) is 0 Å². The van der Waals surface area contributed by atoms with E-state index in [1.807, 2.05) is 0 Å². The van der Waals surface area contributed by atoms with Crippen LogP contribution in [0, 0.1) is 5.92 Å². The third-order valence-corrected chi connectivity index (χ3v) is 5.79. The molecule has 9 nitrogen and oxygen atoms in total. The van der Waals surface area contributed by atoms with E-state index in [9.17, 15) is 19.5 Å². The summed E-state index contributed by atoms with van der Waals surface area (Å²) in [5.74, 6) is -1.54. The fourth-order valence-corrected chi connectivity index (χ4v) is 4.82. The van der Waals surface area contributed by atoms with E-state index in [1.165, 1.54) is 34.8 Å². The zero-order valence-electron chi connectivity index (χ0n) is 13.8. The van der Waals surface area contributed by atoms with Crippen LogP contribution in [0.4, 0.5) is 0 Å². The van der Waals surface area contributed by atoms with Crippen molar-refractivity contribution in [3.63, 3.8) is 0 Å². The average molecular weight is 371 g/mol. The molecule has 1 aromatic rings. The van der Waals surface area contributed by atoms with Crippen molar-refractivity contribution >= 4 is 29.5 Å². The fourth-order valence-electron chi connectivity index (χ4n) is 3.94. The SMILES string of the molecule is CC(=O)N1CCC2C(CSc3nc[nH]n3)=C(C(=O)[O-])N3C(=O)[C@@H]1[C@@H]23.[Na+]. The van der Waals surface area contributed by atoms with Gasteiger partial charge < -0.3 is 19.7 Å². The summed E-state index contributed by atoms with van der Waals surface area (Å²) in [6.07, 6.45) is 2.08. The number of piperidine rings is 1. The average Bonchev–Trinajstić information content (AvgIpc) is 3.15. The molecule has 0 spiro atoms. The molecule has 25 heavy (non-hydrogen) atoms. The number of β-lactam (4-membered cyclic amide) rings is 1. The fraction of sp³-hybridized carbons (Fsp3) is 0.500. The second kappa shape index (κ2) is 6.75. The molecule has 0 aliphatic carbocycles. The summed E-state index contributed by atoms with van der Waals surface area (Å²) in [4.78, 5) is 42.6. The zero-order chi connectivity index (χ0) is 17.0. The van der Waals surface area contributed by atoms with Gasteiger partial charge >= 0.3 is 29.6 Å². The number of rotatable bonds is 4. The number of aromatic nitrogens is 3. The minimum absolute atomic E-state index is 0. The molecule has 0 radical (unpaired) electrons. The van der Waals surface area contributed by atoms with Gasteiger partial charge in [-0.2, -0.15) is 0 Å². The molecule has 0 aromatic carbocycles. The number of thioether (sulfide) groups is 1. The summed E-state index contributed by atoms with van der Waals surface area (Å²) < 4.78 is 0. The van der Waals surface area contributed by atoms with Crippen molar-refractivity contribution in [2.75, 3.05) is 12.3 Å². The number of carboxylic acid groups (broad SMARTS) is 1. The summed E-state index contributed by atoms with van der Waals surface area (Å²) in [6, 6.07) is -0.840. The maximum atomic E-state index is 12.4. The van der Waals surface area contributed by atoms with Gasteiger partial charge in [0.2, 0.25) is 11.1 Å². The number of nitrogens with zero attached hydrogens (tertiary/aromatic N) is 4. The summed E-state index contributed by atoms with van der Waals surface area (Å²) in [7, 11) is 0. The van der Waals surface area contributed by atoms with Gasteiger partial charge in [-0.3, -0.25) is 14.7 Å². The molecule has 4 heterocycles. The summed E-state index contributed by atoms with van der Waals surface area (Å²) in [5, 5.41) is 18.7. The standard InChI is InChI=1S/C14H15N5O4S.Na/c1-6(20)18-3-2-7-8(4-24-14-15-5-16-17-14)10(13(22)23)19-9(7)11(18)12(19)21;/h5,7,9,11H,2-4H2,1H3,(H,22,23)(H,15,16,17);/q;+1/p-1/t7?,9-,11+;/m1./s1. The maximum Gasteiger partial charge on any atom is 1.00 e. The van der Waals surface area contributed by atoms with Crippen LogP contribution in [-0.4, -0.2) is 67.1 Å². The van der Waals surface area contributed by atoms with Crippen molar-refractivity contribution in [3.8, 4) is 0 Å². The van der Waals surface area contributed by atoms with Gasteiger partial charge in [0, 0.05) is 25.1 Å². The molecule has 0 saturated carbocycles. The van der Waals surface area contributed by atoms with Crippen molar-refractivity contribution in [2.24, 2.45) is 5.92 Å². The van der Waals surface area contributed by atoms with Gasteiger partial charge in [0.25, 0.3) is 5.91 Å². The number of nitrogens with one attached hydrogen (secondary N) is 1. The van der Waals surface area contributed by atoms with Crippen molar-refractivity contribution in [2.45, 2.75) is 30.6 Å². The molecule has 1 aromatic heterocycles. The molecule has 3 aliphatic rings. The van der Waals surface area contributed by atoms with Crippen LogP contribution in [-0.2, 0) is 14.4 Å². The minimum atomic E-state index is -1.35. The van der Waals surface area contributed by atoms with E-state index < -0.39 is 12.0 Å². The Morgan fingerprint density at radius 2 is 2.24 bits per heavy atom. The Morgan fingerprint density at radius 1 is 1.48 bits per heavy atom. The number of hydrogen-bond acceptors (Lipinski definition) is 7. The summed E-state index contributed by atoms with van der Waals surface area (Å²) in [6.45, 7) is 1.88. The van der Waals surface area contributed by atoms with Crippen molar-refractivity contribution in [3.05, 3.63) is 17.6 Å². The molecule has 2 amide bonds. The molecule has 11 heteroatoms. The Labute approximate surface area is 169 Å². The van der Waals surface area contributed by atoms with E-state index in [0.29, 0.717) is 29.4 Å². The quantitative estimate of drug-likeness (QED) is 0.321. The van der Waals surface area contributed by atoms with Crippen molar-refractivity contribution < 1.29 is 49.0 Å². The first kappa shape index (κ1) is 18.4. The van der Waals surface area contributed by atoms with Gasteiger partial charge in [0.15, 0.2) is 0 Å². The Balaban J connectivity index is 0.00000182. The molecule has 126 valence electrons. The van der Waals surface area contributed by atoms with E-state index in [2.05, 4.69) is 15.2 Å².